The number of thiophene rings is 1. The lowest BCUT2D eigenvalue weighted by Gasteiger charge is -2.22. The minimum absolute atomic E-state index is 0.331. The monoisotopic (exact) mass is 353 g/mol. The Kier molecular flexibility index (Phi) is 5.84. The molecule has 1 aromatic carbocycles. The zero-order valence-corrected chi connectivity index (χ0v) is 15.6. The normalized spacial score (nSPS) is 11.9. The van der Waals surface area contributed by atoms with E-state index in [2.05, 4.69) is 0 Å². The van der Waals surface area contributed by atoms with Crippen LogP contribution in [0.4, 0.5) is 0 Å². The van der Waals surface area contributed by atoms with E-state index in [4.69, 9.17) is 4.74 Å². The van der Waals surface area contributed by atoms with Gasteiger partial charge in [0.15, 0.2) is 0 Å². The SMILES string of the molecule is CCCN(Cc1ccsc1)S(=O)(=O)c1cc(C)c(OC)c(C)c1. The van der Waals surface area contributed by atoms with Crippen molar-refractivity contribution < 1.29 is 13.2 Å². The fourth-order valence-electron chi connectivity index (χ4n) is 2.65. The number of nitrogens with zero attached hydrogens (tertiary/aromatic N) is 1. The first kappa shape index (κ1) is 18.0. The Balaban J connectivity index is 2.41. The van der Waals surface area contributed by atoms with Crippen LogP contribution in [0.15, 0.2) is 33.9 Å². The molecule has 0 bridgehead atoms. The van der Waals surface area contributed by atoms with Gasteiger partial charge in [0.25, 0.3) is 0 Å². The van der Waals surface area contributed by atoms with E-state index >= 15 is 0 Å². The van der Waals surface area contributed by atoms with E-state index in [0.29, 0.717) is 18.0 Å². The number of sulfonamides is 1. The summed E-state index contributed by atoms with van der Waals surface area (Å²) in [6.45, 7) is 6.63. The molecule has 23 heavy (non-hydrogen) atoms. The van der Waals surface area contributed by atoms with E-state index in [0.717, 1.165) is 28.9 Å². The van der Waals surface area contributed by atoms with E-state index in [1.165, 1.54) is 0 Å². The predicted octanol–water partition coefficient (Wildman–Crippen LogP) is 3.97. The lowest BCUT2D eigenvalue weighted by atomic mass is 10.1. The number of aryl methyl sites for hydroxylation is 2. The van der Waals surface area contributed by atoms with Crippen molar-refractivity contribution in [2.45, 2.75) is 38.6 Å². The van der Waals surface area contributed by atoms with Crippen molar-refractivity contribution in [2.24, 2.45) is 0 Å². The van der Waals surface area contributed by atoms with Gasteiger partial charge in [-0.1, -0.05) is 6.92 Å². The van der Waals surface area contributed by atoms with Crippen LogP contribution in [0.2, 0.25) is 0 Å². The molecule has 4 nitrogen and oxygen atoms in total. The first-order valence-corrected chi connectivity index (χ1v) is 9.95. The Hall–Kier alpha value is -1.37. The third-order valence-corrected chi connectivity index (χ3v) is 6.24. The van der Waals surface area contributed by atoms with Crippen LogP contribution >= 0.6 is 11.3 Å². The fourth-order valence-corrected chi connectivity index (χ4v) is 5.00. The molecule has 1 aromatic heterocycles. The molecule has 0 fully saturated rings. The zero-order chi connectivity index (χ0) is 17.0. The van der Waals surface area contributed by atoms with Crippen LogP contribution in [0.25, 0.3) is 0 Å². The van der Waals surface area contributed by atoms with E-state index in [1.807, 2.05) is 37.6 Å². The van der Waals surface area contributed by atoms with Crippen LogP contribution in [-0.4, -0.2) is 26.4 Å². The van der Waals surface area contributed by atoms with Crippen molar-refractivity contribution in [3.05, 3.63) is 45.6 Å². The highest BCUT2D eigenvalue weighted by Gasteiger charge is 2.25. The lowest BCUT2D eigenvalue weighted by Crippen LogP contribution is -2.31. The Morgan fingerprint density at radius 1 is 1.22 bits per heavy atom. The molecule has 1 heterocycles. The van der Waals surface area contributed by atoms with Crippen molar-refractivity contribution in [3.8, 4) is 5.75 Å². The summed E-state index contributed by atoms with van der Waals surface area (Å²) in [6.07, 6.45) is 0.775. The van der Waals surface area contributed by atoms with Gasteiger partial charge in [-0.15, -0.1) is 0 Å². The molecule has 0 aliphatic heterocycles. The number of hydrogen-bond acceptors (Lipinski definition) is 4. The first-order chi connectivity index (χ1) is 10.9. The summed E-state index contributed by atoms with van der Waals surface area (Å²) in [4.78, 5) is 0.331. The van der Waals surface area contributed by atoms with Gasteiger partial charge in [-0.2, -0.15) is 15.6 Å². The van der Waals surface area contributed by atoms with Crippen LogP contribution in [0.3, 0.4) is 0 Å². The lowest BCUT2D eigenvalue weighted by molar-refractivity contribution is 0.403. The highest BCUT2D eigenvalue weighted by Crippen LogP contribution is 2.28. The van der Waals surface area contributed by atoms with E-state index < -0.39 is 10.0 Å². The van der Waals surface area contributed by atoms with Crippen molar-refractivity contribution in [3.63, 3.8) is 0 Å². The molecular formula is C17H23NO3S2. The average Bonchev–Trinajstić information content (AvgIpc) is 2.99. The molecule has 0 amide bonds. The van der Waals surface area contributed by atoms with Crippen molar-refractivity contribution in [1.29, 1.82) is 0 Å². The maximum absolute atomic E-state index is 13.0. The molecule has 0 radical (unpaired) electrons. The third kappa shape index (κ3) is 3.94. The molecule has 2 rings (SSSR count). The van der Waals surface area contributed by atoms with Crippen molar-refractivity contribution in [2.75, 3.05) is 13.7 Å². The molecule has 0 unspecified atom stereocenters. The van der Waals surface area contributed by atoms with Gasteiger partial charge in [-0.3, -0.25) is 0 Å². The van der Waals surface area contributed by atoms with E-state index in [-0.39, 0.29) is 0 Å². The van der Waals surface area contributed by atoms with Gasteiger partial charge in [-0.05, 0) is 65.9 Å². The van der Waals surface area contributed by atoms with Gasteiger partial charge < -0.3 is 4.74 Å². The highest BCUT2D eigenvalue weighted by molar-refractivity contribution is 7.89. The number of hydrogen-bond donors (Lipinski definition) is 0. The molecule has 6 heteroatoms. The topological polar surface area (TPSA) is 46.6 Å². The third-order valence-electron chi connectivity index (χ3n) is 3.69. The smallest absolute Gasteiger partial charge is 0.243 e. The van der Waals surface area contributed by atoms with Crippen LogP contribution in [-0.2, 0) is 16.6 Å². The zero-order valence-electron chi connectivity index (χ0n) is 14.0. The number of rotatable bonds is 7. The maximum Gasteiger partial charge on any atom is 0.243 e. The second kappa shape index (κ2) is 7.47. The minimum Gasteiger partial charge on any atom is -0.496 e. The molecule has 0 N–H and O–H groups in total. The van der Waals surface area contributed by atoms with Crippen LogP contribution in [0.5, 0.6) is 5.75 Å². The molecule has 0 aliphatic carbocycles. The number of methoxy groups -OCH3 is 1. The number of ether oxygens (including phenoxy) is 1. The second-order valence-electron chi connectivity index (χ2n) is 5.56. The van der Waals surface area contributed by atoms with Crippen LogP contribution in [0.1, 0.15) is 30.0 Å². The van der Waals surface area contributed by atoms with Crippen LogP contribution in [0, 0.1) is 13.8 Å². The first-order valence-electron chi connectivity index (χ1n) is 7.56. The van der Waals surface area contributed by atoms with E-state index in [1.54, 1.807) is 34.9 Å². The number of benzene rings is 1. The maximum atomic E-state index is 13.0. The van der Waals surface area contributed by atoms with Gasteiger partial charge >= 0.3 is 0 Å². The Labute approximate surface area is 142 Å². The van der Waals surface area contributed by atoms with Gasteiger partial charge in [0.2, 0.25) is 10.0 Å². The minimum atomic E-state index is -3.53. The van der Waals surface area contributed by atoms with Gasteiger partial charge in [0, 0.05) is 13.1 Å². The molecular weight excluding hydrogens is 330 g/mol. The molecule has 0 spiro atoms. The summed E-state index contributed by atoms with van der Waals surface area (Å²) in [6, 6.07) is 5.35. The van der Waals surface area contributed by atoms with E-state index in [9.17, 15) is 8.42 Å². The molecule has 2 aromatic rings. The molecule has 0 saturated carbocycles. The Morgan fingerprint density at radius 3 is 2.35 bits per heavy atom. The van der Waals surface area contributed by atoms with Crippen molar-refractivity contribution >= 4 is 21.4 Å². The summed E-state index contributed by atoms with van der Waals surface area (Å²) < 4.78 is 33.0. The largest absolute Gasteiger partial charge is 0.496 e. The summed E-state index contributed by atoms with van der Waals surface area (Å²) in [5, 5.41) is 3.95. The van der Waals surface area contributed by atoms with Crippen molar-refractivity contribution in [1.82, 2.24) is 4.31 Å². The summed E-state index contributed by atoms with van der Waals surface area (Å²) in [7, 11) is -1.93. The fraction of sp³-hybridized carbons (Fsp3) is 0.412. The quantitative estimate of drug-likeness (QED) is 0.756. The highest BCUT2D eigenvalue weighted by atomic mass is 32.2. The van der Waals surface area contributed by atoms with Gasteiger partial charge in [0.05, 0.1) is 12.0 Å². The second-order valence-corrected chi connectivity index (χ2v) is 8.28. The summed E-state index contributed by atoms with van der Waals surface area (Å²) in [5.74, 6) is 0.740. The van der Waals surface area contributed by atoms with Crippen LogP contribution < -0.4 is 4.74 Å². The average molecular weight is 354 g/mol. The van der Waals surface area contributed by atoms with Gasteiger partial charge in [-0.25, -0.2) is 8.42 Å². The summed E-state index contributed by atoms with van der Waals surface area (Å²) >= 11 is 1.58. The molecule has 0 atom stereocenters. The molecule has 126 valence electrons. The van der Waals surface area contributed by atoms with Gasteiger partial charge in [0.1, 0.15) is 5.75 Å². The summed E-state index contributed by atoms with van der Waals surface area (Å²) in [5.41, 5.74) is 2.69. The standard InChI is InChI=1S/C17H23NO3S2/c1-5-7-18(11-15-6-8-22-12-15)23(19,20)16-9-13(2)17(21-4)14(3)10-16/h6,8-10,12H,5,7,11H2,1-4H3. The molecule has 0 saturated heterocycles. The predicted molar refractivity (Wildman–Crippen MR) is 94.7 cm³/mol. The Bertz CT molecular complexity index is 729. The Morgan fingerprint density at radius 2 is 1.87 bits per heavy atom. The molecule has 0 aliphatic rings.